The van der Waals surface area contributed by atoms with Crippen molar-refractivity contribution in [2.45, 2.75) is 6.92 Å². The van der Waals surface area contributed by atoms with E-state index in [1.807, 2.05) is 67.6 Å². The number of piperazine rings is 1. The van der Waals surface area contributed by atoms with Gasteiger partial charge in [-0.05, 0) is 61.5 Å². The van der Waals surface area contributed by atoms with Gasteiger partial charge < -0.3 is 15.1 Å². The smallest absolute Gasteiger partial charge is 0.282 e. The van der Waals surface area contributed by atoms with E-state index in [-0.39, 0.29) is 11.8 Å². The highest BCUT2D eigenvalue weighted by Crippen LogP contribution is 2.34. The van der Waals surface area contributed by atoms with Gasteiger partial charge >= 0.3 is 0 Å². The van der Waals surface area contributed by atoms with Crippen LogP contribution in [-0.4, -0.2) is 49.9 Å². The van der Waals surface area contributed by atoms with Crippen molar-refractivity contribution < 1.29 is 9.59 Å². The first-order valence-electron chi connectivity index (χ1n) is 11.6. The fourth-order valence-electron chi connectivity index (χ4n) is 4.48. The molecule has 0 radical (unpaired) electrons. The van der Waals surface area contributed by atoms with Crippen molar-refractivity contribution in [3.8, 4) is 0 Å². The number of nitrogens with one attached hydrogen (secondary N) is 1. The molecule has 3 aromatic rings. The molecule has 2 aliphatic rings. The molecule has 2 amide bonds. The second-order valence-corrected chi connectivity index (χ2v) is 8.86. The van der Waals surface area contributed by atoms with Crippen LogP contribution in [0.3, 0.4) is 0 Å². The Morgan fingerprint density at radius 1 is 0.735 bits per heavy atom. The van der Waals surface area contributed by atoms with Gasteiger partial charge in [0.05, 0.1) is 11.3 Å². The Kier molecular flexibility index (Phi) is 5.90. The van der Waals surface area contributed by atoms with E-state index in [1.54, 1.807) is 6.07 Å². The summed E-state index contributed by atoms with van der Waals surface area (Å²) < 4.78 is 0. The lowest BCUT2D eigenvalue weighted by atomic mass is 10.0. The van der Waals surface area contributed by atoms with E-state index in [0.29, 0.717) is 22.5 Å². The van der Waals surface area contributed by atoms with Gasteiger partial charge in [-0.1, -0.05) is 42.5 Å². The molecule has 0 bridgehead atoms. The summed E-state index contributed by atoms with van der Waals surface area (Å²) in [5, 5.41) is 3.26. The average molecular weight is 453 g/mol. The fourth-order valence-corrected chi connectivity index (χ4v) is 4.48. The fraction of sp³-hybridized carbons (Fsp3) is 0.214. The quantitative estimate of drug-likeness (QED) is 0.590. The first-order valence-corrected chi connectivity index (χ1v) is 11.6. The van der Waals surface area contributed by atoms with Crippen molar-refractivity contribution in [2.75, 3.05) is 48.3 Å². The molecule has 2 heterocycles. The van der Waals surface area contributed by atoms with Gasteiger partial charge in [-0.15, -0.1) is 0 Å². The van der Waals surface area contributed by atoms with E-state index >= 15 is 0 Å². The molecule has 6 heteroatoms. The topological polar surface area (TPSA) is 55.9 Å². The number of imide groups is 1. The standard InChI is InChI=1S/C28H28N4O2/c1-20-7-6-10-24(19-20)32-27(33)25(21-8-4-3-5-9-21)26(28(32)34)29-22-11-13-23(14-12-22)31-17-15-30(2)16-18-31/h3-14,19,29H,15-18H2,1-2H3. The lowest BCUT2D eigenvalue weighted by Gasteiger charge is -2.34. The molecule has 0 unspecified atom stereocenters. The van der Waals surface area contributed by atoms with E-state index in [1.165, 1.54) is 4.90 Å². The number of anilines is 3. The van der Waals surface area contributed by atoms with Crippen molar-refractivity contribution in [1.29, 1.82) is 0 Å². The molecular weight excluding hydrogens is 424 g/mol. The van der Waals surface area contributed by atoms with Gasteiger partial charge in [-0.25, -0.2) is 4.90 Å². The third-order valence-corrected chi connectivity index (χ3v) is 6.41. The molecule has 3 aromatic carbocycles. The number of likely N-dealkylation sites (N-methyl/N-ethyl adjacent to an activating group) is 1. The molecule has 0 aliphatic carbocycles. The first-order chi connectivity index (χ1) is 16.5. The number of carbonyl (C=O) groups is 2. The molecule has 172 valence electrons. The molecule has 2 aliphatic heterocycles. The Morgan fingerprint density at radius 3 is 2.12 bits per heavy atom. The van der Waals surface area contributed by atoms with Gasteiger partial charge in [0.25, 0.3) is 11.8 Å². The van der Waals surface area contributed by atoms with Crippen LogP contribution in [-0.2, 0) is 9.59 Å². The number of benzene rings is 3. The van der Waals surface area contributed by atoms with Crippen LogP contribution in [0.2, 0.25) is 0 Å². The number of nitrogens with zero attached hydrogens (tertiary/aromatic N) is 3. The van der Waals surface area contributed by atoms with Crippen LogP contribution in [0.25, 0.3) is 5.57 Å². The average Bonchev–Trinajstić information content (AvgIpc) is 3.09. The second-order valence-electron chi connectivity index (χ2n) is 8.86. The molecule has 1 fully saturated rings. The molecule has 1 saturated heterocycles. The SMILES string of the molecule is Cc1cccc(N2C(=O)C(Nc3ccc(N4CCN(C)CC4)cc3)=C(c3ccccc3)C2=O)c1. The Morgan fingerprint density at radius 2 is 1.44 bits per heavy atom. The molecule has 6 nitrogen and oxygen atoms in total. The Bertz CT molecular complexity index is 1240. The van der Waals surface area contributed by atoms with Gasteiger partial charge in [-0.2, -0.15) is 0 Å². The molecule has 0 atom stereocenters. The monoisotopic (exact) mass is 452 g/mol. The normalized spacial score (nSPS) is 17.0. The predicted octanol–water partition coefficient (Wildman–Crippen LogP) is 4.14. The molecular formula is C28H28N4O2. The molecule has 0 spiro atoms. The zero-order valence-corrected chi connectivity index (χ0v) is 19.5. The molecule has 1 N–H and O–H groups in total. The minimum Gasteiger partial charge on any atom is -0.369 e. The second kappa shape index (κ2) is 9.15. The highest BCUT2D eigenvalue weighted by molar-refractivity contribution is 6.46. The number of carbonyl (C=O) groups excluding carboxylic acids is 2. The van der Waals surface area contributed by atoms with Crippen molar-refractivity contribution in [2.24, 2.45) is 0 Å². The van der Waals surface area contributed by atoms with Crippen LogP contribution in [0.4, 0.5) is 17.1 Å². The van der Waals surface area contributed by atoms with Gasteiger partial charge in [0, 0.05) is 37.6 Å². The van der Waals surface area contributed by atoms with E-state index in [2.05, 4.69) is 34.3 Å². The lowest BCUT2D eigenvalue weighted by Crippen LogP contribution is -2.44. The summed E-state index contributed by atoms with van der Waals surface area (Å²) in [4.78, 5) is 33.0. The summed E-state index contributed by atoms with van der Waals surface area (Å²) in [5.74, 6) is -0.670. The zero-order chi connectivity index (χ0) is 23.7. The van der Waals surface area contributed by atoms with E-state index < -0.39 is 0 Å². The third-order valence-electron chi connectivity index (χ3n) is 6.41. The summed E-state index contributed by atoms with van der Waals surface area (Å²) in [6.45, 7) is 6.01. The minimum atomic E-state index is -0.349. The van der Waals surface area contributed by atoms with Gasteiger partial charge in [0.15, 0.2) is 0 Å². The van der Waals surface area contributed by atoms with Crippen LogP contribution in [0.15, 0.2) is 84.6 Å². The Hall–Kier alpha value is -3.90. The summed E-state index contributed by atoms with van der Waals surface area (Å²) in [6.07, 6.45) is 0. The van der Waals surface area contributed by atoms with E-state index in [4.69, 9.17) is 0 Å². The molecule has 34 heavy (non-hydrogen) atoms. The number of hydrogen-bond donors (Lipinski definition) is 1. The predicted molar refractivity (Wildman–Crippen MR) is 137 cm³/mol. The largest absolute Gasteiger partial charge is 0.369 e. The van der Waals surface area contributed by atoms with Crippen LogP contribution in [0.5, 0.6) is 0 Å². The van der Waals surface area contributed by atoms with E-state index in [0.717, 1.165) is 43.1 Å². The van der Waals surface area contributed by atoms with Gasteiger partial charge in [-0.3, -0.25) is 9.59 Å². The number of aryl methyl sites for hydroxylation is 1. The number of rotatable bonds is 5. The van der Waals surface area contributed by atoms with Crippen molar-refractivity contribution >= 4 is 34.4 Å². The highest BCUT2D eigenvalue weighted by Gasteiger charge is 2.40. The Balaban J connectivity index is 1.46. The number of hydrogen-bond acceptors (Lipinski definition) is 5. The molecule has 0 saturated carbocycles. The van der Waals surface area contributed by atoms with Crippen LogP contribution >= 0.6 is 0 Å². The highest BCUT2D eigenvalue weighted by atomic mass is 16.2. The van der Waals surface area contributed by atoms with Gasteiger partial charge in [0.2, 0.25) is 0 Å². The van der Waals surface area contributed by atoms with Crippen LogP contribution in [0.1, 0.15) is 11.1 Å². The minimum absolute atomic E-state index is 0.296. The number of amides is 2. The Labute approximate surface area is 200 Å². The van der Waals surface area contributed by atoms with Crippen LogP contribution < -0.4 is 15.1 Å². The maximum absolute atomic E-state index is 13.5. The first kappa shape index (κ1) is 21.9. The third kappa shape index (κ3) is 4.20. The zero-order valence-electron chi connectivity index (χ0n) is 19.5. The maximum atomic E-state index is 13.5. The molecule has 5 rings (SSSR count). The summed E-state index contributed by atoms with van der Waals surface area (Å²) >= 11 is 0. The molecule has 0 aromatic heterocycles. The van der Waals surface area contributed by atoms with Crippen molar-refractivity contribution in [1.82, 2.24) is 4.90 Å². The van der Waals surface area contributed by atoms with Crippen LogP contribution in [0, 0.1) is 6.92 Å². The van der Waals surface area contributed by atoms with Crippen molar-refractivity contribution in [3.63, 3.8) is 0 Å². The summed E-state index contributed by atoms with van der Waals surface area (Å²) in [5.41, 5.74) is 4.89. The lowest BCUT2D eigenvalue weighted by molar-refractivity contribution is -0.120. The van der Waals surface area contributed by atoms with Gasteiger partial charge in [0.1, 0.15) is 5.70 Å². The summed E-state index contributed by atoms with van der Waals surface area (Å²) in [7, 11) is 2.14. The summed E-state index contributed by atoms with van der Waals surface area (Å²) in [6, 6.07) is 24.9. The maximum Gasteiger partial charge on any atom is 0.282 e. The van der Waals surface area contributed by atoms with E-state index in [9.17, 15) is 9.59 Å². The van der Waals surface area contributed by atoms with Crippen molar-refractivity contribution in [3.05, 3.63) is 95.7 Å².